The fourth-order valence-corrected chi connectivity index (χ4v) is 6.70. The second-order valence-corrected chi connectivity index (χ2v) is 16.3. The summed E-state index contributed by atoms with van der Waals surface area (Å²) in [4.78, 5) is 22.5. The van der Waals surface area contributed by atoms with E-state index in [0.29, 0.717) is 13.0 Å². The Balaban J connectivity index is 4.05. The lowest BCUT2D eigenvalue weighted by Gasteiger charge is -2.20. The van der Waals surface area contributed by atoms with Crippen LogP contribution in [0.3, 0.4) is 0 Å². The summed E-state index contributed by atoms with van der Waals surface area (Å²) in [5.41, 5.74) is 5.37. The highest BCUT2D eigenvalue weighted by Gasteiger charge is 2.25. The number of esters is 1. The Morgan fingerprint density at radius 3 is 1.45 bits per heavy atom. The number of hydrogen-bond donors (Lipinski definition) is 2. The zero-order valence-corrected chi connectivity index (χ0v) is 37.9. The zero-order chi connectivity index (χ0) is 42.3. The molecule has 334 valence electrons. The van der Waals surface area contributed by atoms with Gasteiger partial charge in [0.2, 0.25) is 0 Å². The summed E-state index contributed by atoms with van der Waals surface area (Å²) in [6.07, 6.45) is 59.0. The molecule has 0 saturated heterocycles. The van der Waals surface area contributed by atoms with Crippen LogP contribution < -0.4 is 5.73 Å². The molecular weight excluding hydrogens is 746 g/mol. The first-order valence-corrected chi connectivity index (χ1v) is 24.6. The van der Waals surface area contributed by atoms with Gasteiger partial charge in [-0.05, 0) is 89.9 Å². The predicted octanol–water partition coefficient (Wildman–Crippen LogP) is 14.1. The Kier molecular flexibility index (Phi) is 43.9. The van der Waals surface area contributed by atoms with Crippen molar-refractivity contribution < 1.29 is 32.8 Å². The molecule has 0 aromatic heterocycles. The van der Waals surface area contributed by atoms with Crippen molar-refractivity contribution in [3.05, 3.63) is 85.1 Å². The Morgan fingerprint density at radius 1 is 0.534 bits per heavy atom. The molecule has 0 saturated carbocycles. The van der Waals surface area contributed by atoms with Gasteiger partial charge in [0, 0.05) is 19.6 Å². The molecule has 0 heterocycles. The summed E-state index contributed by atoms with van der Waals surface area (Å²) < 4.78 is 33.4. The Labute approximate surface area is 356 Å². The van der Waals surface area contributed by atoms with Crippen LogP contribution in [0.5, 0.6) is 0 Å². The average molecular weight is 832 g/mol. The Morgan fingerprint density at radius 2 is 0.966 bits per heavy atom. The highest BCUT2D eigenvalue weighted by molar-refractivity contribution is 7.47. The summed E-state index contributed by atoms with van der Waals surface area (Å²) >= 11 is 0. The average Bonchev–Trinajstić information content (AvgIpc) is 3.21. The van der Waals surface area contributed by atoms with Crippen LogP contribution in [0.25, 0.3) is 0 Å². The number of rotatable bonds is 43. The number of allylic oxidation sites excluding steroid dienone is 14. The molecule has 0 aromatic rings. The van der Waals surface area contributed by atoms with Gasteiger partial charge in [-0.3, -0.25) is 13.8 Å². The maximum atomic E-state index is 12.6. The first-order valence-electron chi connectivity index (χ1n) is 23.1. The summed E-state index contributed by atoms with van der Waals surface area (Å²) in [5.74, 6) is -0.375. The quantitative estimate of drug-likeness (QED) is 0.0270. The highest BCUT2D eigenvalue weighted by atomic mass is 31.2. The van der Waals surface area contributed by atoms with Crippen molar-refractivity contribution in [2.75, 3.05) is 33.0 Å². The van der Waals surface area contributed by atoms with Crippen LogP contribution >= 0.6 is 7.82 Å². The van der Waals surface area contributed by atoms with Crippen molar-refractivity contribution in [2.24, 2.45) is 5.73 Å². The molecule has 2 unspecified atom stereocenters. The van der Waals surface area contributed by atoms with Crippen molar-refractivity contribution in [1.82, 2.24) is 0 Å². The number of carbonyl (C=O) groups excluding carboxylic acids is 1. The summed E-state index contributed by atoms with van der Waals surface area (Å²) in [6, 6.07) is 0. The molecule has 0 spiro atoms. The zero-order valence-electron chi connectivity index (χ0n) is 37.0. The van der Waals surface area contributed by atoms with E-state index in [4.69, 9.17) is 24.3 Å². The van der Waals surface area contributed by atoms with Gasteiger partial charge in [0.25, 0.3) is 0 Å². The van der Waals surface area contributed by atoms with E-state index in [2.05, 4.69) is 98.9 Å². The number of carbonyl (C=O) groups is 1. The van der Waals surface area contributed by atoms with Gasteiger partial charge < -0.3 is 20.1 Å². The number of phosphoric ester groups is 1. The first kappa shape index (κ1) is 55.7. The molecule has 0 bridgehead atoms. The van der Waals surface area contributed by atoms with E-state index in [1.54, 1.807) is 0 Å². The van der Waals surface area contributed by atoms with Crippen LogP contribution in [-0.4, -0.2) is 49.9 Å². The molecule has 0 aliphatic carbocycles. The molecule has 0 amide bonds. The second kappa shape index (κ2) is 45.8. The van der Waals surface area contributed by atoms with Crippen molar-refractivity contribution in [2.45, 2.75) is 187 Å². The Bertz CT molecular complexity index is 1160. The second-order valence-electron chi connectivity index (χ2n) is 14.9. The van der Waals surface area contributed by atoms with Crippen LogP contribution in [0.2, 0.25) is 0 Å². The van der Waals surface area contributed by atoms with Crippen molar-refractivity contribution in [3.8, 4) is 0 Å². The largest absolute Gasteiger partial charge is 0.472 e. The molecule has 3 N–H and O–H groups in total. The van der Waals surface area contributed by atoms with Crippen LogP contribution in [-0.2, 0) is 27.9 Å². The van der Waals surface area contributed by atoms with E-state index >= 15 is 0 Å². The Hall–Kier alpha value is -2.32. The lowest BCUT2D eigenvalue weighted by Crippen LogP contribution is -2.28. The van der Waals surface area contributed by atoms with E-state index in [1.807, 2.05) is 0 Å². The molecule has 9 heteroatoms. The highest BCUT2D eigenvalue weighted by Crippen LogP contribution is 2.43. The van der Waals surface area contributed by atoms with Gasteiger partial charge in [-0.25, -0.2) is 4.57 Å². The number of phosphoric acid groups is 1. The van der Waals surface area contributed by atoms with Crippen LogP contribution in [0, 0.1) is 0 Å². The van der Waals surface area contributed by atoms with Gasteiger partial charge in [-0.1, -0.05) is 170 Å². The van der Waals surface area contributed by atoms with E-state index in [0.717, 1.165) is 64.2 Å². The number of ether oxygens (including phenoxy) is 2. The molecule has 0 aliphatic heterocycles. The normalized spacial score (nSPS) is 14.2. The lowest BCUT2D eigenvalue weighted by atomic mass is 10.1. The van der Waals surface area contributed by atoms with Gasteiger partial charge in [-0.2, -0.15) is 0 Å². The van der Waals surface area contributed by atoms with E-state index in [-0.39, 0.29) is 38.8 Å². The SMILES string of the molecule is CC/C=C\C/C=C\C/C=C\C/C=C\CCCCC(=O)OC(COCCCCCCCCCCC/C=C\C/C=C\C/C=C\CCCCCCC)COP(=O)(O)OCCN. The molecule has 2 atom stereocenters. The minimum atomic E-state index is -4.30. The maximum absolute atomic E-state index is 12.6. The van der Waals surface area contributed by atoms with Gasteiger partial charge in [0.15, 0.2) is 0 Å². The molecule has 0 rings (SSSR count). The van der Waals surface area contributed by atoms with Crippen LogP contribution in [0.15, 0.2) is 85.1 Å². The summed E-state index contributed by atoms with van der Waals surface area (Å²) in [6.45, 7) is 4.71. The summed E-state index contributed by atoms with van der Waals surface area (Å²) in [7, 11) is -4.30. The van der Waals surface area contributed by atoms with Crippen LogP contribution in [0.4, 0.5) is 0 Å². The van der Waals surface area contributed by atoms with E-state index in [1.165, 1.54) is 89.9 Å². The maximum Gasteiger partial charge on any atom is 0.472 e. The molecule has 8 nitrogen and oxygen atoms in total. The van der Waals surface area contributed by atoms with Gasteiger partial charge in [0.05, 0.1) is 19.8 Å². The molecule has 0 fully saturated rings. The molecule has 0 aliphatic rings. The molecule has 0 radical (unpaired) electrons. The van der Waals surface area contributed by atoms with Gasteiger partial charge in [0.1, 0.15) is 6.10 Å². The topological polar surface area (TPSA) is 117 Å². The molecule has 58 heavy (non-hydrogen) atoms. The standard InChI is InChI=1S/C49H86NO7P/c1-3-5-7-9-11-13-15-17-19-20-21-22-23-24-25-26-27-29-31-33-35-37-39-41-44-54-46-48(47-56-58(52,53)55-45-43-50)57-49(51)42-40-38-36-34-32-30-28-18-16-14-12-10-8-6-4-2/h6,8,12,14-15,17-18,20-21,23-24,28,32,34,48H,3-5,7,9-11,13,16,19,22,25-27,29-31,33,35-47,50H2,1-2H3,(H,52,53)/b8-6-,14-12-,17-15-,21-20-,24-23-,28-18-,34-32-. The minimum absolute atomic E-state index is 0.0880. The fraction of sp³-hybridized carbons (Fsp3) is 0.694. The van der Waals surface area contributed by atoms with Gasteiger partial charge in [-0.15, -0.1) is 0 Å². The third-order valence-electron chi connectivity index (χ3n) is 9.30. The monoisotopic (exact) mass is 832 g/mol. The molecule has 0 aromatic carbocycles. The van der Waals surface area contributed by atoms with Crippen LogP contribution in [0.1, 0.15) is 181 Å². The number of nitrogens with two attached hydrogens (primary N) is 1. The van der Waals surface area contributed by atoms with Crippen molar-refractivity contribution in [3.63, 3.8) is 0 Å². The van der Waals surface area contributed by atoms with Gasteiger partial charge >= 0.3 is 13.8 Å². The minimum Gasteiger partial charge on any atom is -0.457 e. The fourth-order valence-electron chi connectivity index (χ4n) is 5.93. The third kappa shape index (κ3) is 44.8. The third-order valence-corrected chi connectivity index (χ3v) is 10.3. The van der Waals surface area contributed by atoms with E-state index in [9.17, 15) is 14.3 Å². The number of hydrogen-bond acceptors (Lipinski definition) is 7. The lowest BCUT2D eigenvalue weighted by molar-refractivity contribution is -0.154. The predicted molar refractivity (Wildman–Crippen MR) is 247 cm³/mol. The smallest absolute Gasteiger partial charge is 0.457 e. The molecular formula is C49H86NO7P. The van der Waals surface area contributed by atoms with Crippen molar-refractivity contribution >= 4 is 13.8 Å². The van der Waals surface area contributed by atoms with E-state index < -0.39 is 13.9 Å². The summed E-state index contributed by atoms with van der Waals surface area (Å²) in [5, 5.41) is 0. The number of unbranched alkanes of at least 4 members (excludes halogenated alkanes) is 16. The van der Waals surface area contributed by atoms with Crippen molar-refractivity contribution in [1.29, 1.82) is 0 Å². The first-order chi connectivity index (χ1) is 28.4.